The maximum Gasteiger partial charge on any atom is 0.417 e. The zero-order valence-electron chi connectivity index (χ0n) is 14.6. The first-order valence-electron chi connectivity index (χ1n) is 8.36. The van der Waals surface area contributed by atoms with Gasteiger partial charge < -0.3 is 4.90 Å². The second kappa shape index (κ2) is 8.06. The molecular formula is C18H17F3N2O3S2. The van der Waals surface area contributed by atoms with Crippen molar-refractivity contribution in [3.8, 4) is 0 Å². The number of piperazine rings is 1. The van der Waals surface area contributed by atoms with Crippen LogP contribution in [-0.4, -0.2) is 49.7 Å². The SMILES string of the molecule is O=C(C=Cc1cccs1)N1CCN(S(=O)(=O)c2ccccc2C(F)(F)F)CC1. The van der Waals surface area contributed by atoms with Crippen LogP contribution in [0.1, 0.15) is 10.4 Å². The number of carbonyl (C=O) groups excluding carboxylic acids is 1. The monoisotopic (exact) mass is 430 g/mol. The van der Waals surface area contributed by atoms with Crippen molar-refractivity contribution >= 4 is 33.3 Å². The summed E-state index contributed by atoms with van der Waals surface area (Å²) in [5.74, 6) is -0.263. The molecule has 5 nitrogen and oxygen atoms in total. The number of alkyl halides is 3. The summed E-state index contributed by atoms with van der Waals surface area (Å²) in [5, 5.41) is 1.88. The number of rotatable bonds is 4. The van der Waals surface area contributed by atoms with E-state index in [0.29, 0.717) is 0 Å². The molecule has 1 fully saturated rings. The highest BCUT2D eigenvalue weighted by molar-refractivity contribution is 7.89. The van der Waals surface area contributed by atoms with Crippen LogP contribution in [0.25, 0.3) is 6.08 Å². The van der Waals surface area contributed by atoms with Crippen molar-refractivity contribution in [1.29, 1.82) is 0 Å². The normalized spacial score (nSPS) is 16.6. The smallest absolute Gasteiger partial charge is 0.337 e. The Labute approximate surface area is 164 Å². The highest BCUT2D eigenvalue weighted by Gasteiger charge is 2.39. The first-order valence-corrected chi connectivity index (χ1v) is 10.7. The van der Waals surface area contributed by atoms with Gasteiger partial charge >= 0.3 is 6.18 Å². The molecule has 0 bridgehead atoms. The van der Waals surface area contributed by atoms with E-state index < -0.39 is 26.7 Å². The number of hydrogen-bond acceptors (Lipinski definition) is 4. The molecule has 28 heavy (non-hydrogen) atoms. The number of benzene rings is 1. The van der Waals surface area contributed by atoms with Gasteiger partial charge in [0, 0.05) is 37.1 Å². The van der Waals surface area contributed by atoms with Crippen LogP contribution in [0.5, 0.6) is 0 Å². The van der Waals surface area contributed by atoms with Crippen LogP contribution in [0.4, 0.5) is 13.2 Å². The molecule has 0 aliphatic carbocycles. The molecule has 1 aromatic carbocycles. The summed E-state index contributed by atoms with van der Waals surface area (Å²) in [7, 11) is -4.31. The second-order valence-corrected chi connectivity index (χ2v) is 8.96. The molecule has 1 aromatic heterocycles. The molecule has 1 amide bonds. The molecule has 10 heteroatoms. The van der Waals surface area contributed by atoms with Crippen LogP contribution in [0.2, 0.25) is 0 Å². The minimum atomic E-state index is -4.77. The number of thiophene rings is 1. The zero-order valence-corrected chi connectivity index (χ0v) is 16.2. The molecule has 1 aliphatic rings. The van der Waals surface area contributed by atoms with Gasteiger partial charge in [-0.1, -0.05) is 18.2 Å². The Morgan fingerprint density at radius 3 is 2.32 bits per heavy atom. The number of halogens is 3. The maximum atomic E-state index is 13.2. The van der Waals surface area contributed by atoms with Gasteiger partial charge in [-0.05, 0) is 29.7 Å². The van der Waals surface area contributed by atoms with E-state index in [1.54, 1.807) is 6.08 Å². The van der Waals surface area contributed by atoms with Gasteiger partial charge in [0.05, 0.1) is 10.5 Å². The minimum Gasteiger partial charge on any atom is -0.337 e. The van der Waals surface area contributed by atoms with E-state index in [4.69, 9.17) is 0 Å². The van der Waals surface area contributed by atoms with E-state index in [1.807, 2.05) is 17.5 Å². The maximum absolute atomic E-state index is 13.2. The lowest BCUT2D eigenvalue weighted by molar-refractivity contribution is -0.139. The highest BCUT2D eigenvalue weighted by atomic mass is 32.2. The van der Waals surface area contributed by atoms with Crippen molar-refractivity contribution < 1.29 is 26.4 Å². The molecule has 0 atom stereocenters. The fourth-order valence-corrected chi connectivity index (χ4v) is 5.11. The van der Waals surface area contributed by atoms with Crippen LogP contribution in [0.3, 0.4) is 0 Å². The van der Waals surface area contributed by atoms with E-state index >= 15 is 0 Å². The van der Waals surface area contributed by atoms with Crippen LogP contribution >= 0.6 is 11.3 Å². The Hall–Kier alpha value is -2.17. The van der Waals surface area contributed by atoms with E-state index in [-0.39, 0.29) is 32.1 Å². The van der Waals surface area contributed by atoms with E-state index in [9.17, 15) is 26.4 Å². The minimum absolute atomic E-state index is 0.0624. The Bertz CT molecular complexity index is 962. The van der Waals surface area contributed by atoms with E-state index in [1.165, 1.54) is 28.4 Å². The van der Waals surface area contributed by atoms with Crippen molar-refractivity contribution in [2.45, 2.75) is 11.1 Å². The summed E-state index contributed by atoms with van der Waals surface area (Å²) in [5.41, 5.74) is -1.19. The highest BCUT2D eigenvalue weighted by Crippen LogP contribution is 2.35. The van der Waals surface area contributed by atoms with Crippen LogP contribution in [-0.2, 0) is 21.0 Å². The van der Waals surface area contributed by atoms with Gasteiger partial charge in [0.25, 0.3) is 0 Å². The molecular weight excluding hydrogens is 413 g/mol. The lowest BCUT2D eigenvalue weighted by Crippen LogP contribution is -2.50. The molecule has 0 saturated carbocycles. The molecule has 150 valence electrons. The number of carbonyl (C=O) groups is 1. The third-order valence-corrected chi connectivity index (χ3v) is 7.09. The predicted molar refractivity (Wildman–Crippen MR) is 100 cm³/mol. The fourth-order valence-electron chi connectivity index (χ4n) is 2.86. The predicted octanol–water partition coefficient (Wildman–Crippen LogP) is 3.31. The standard InChI is InChI=1S/C18H17F3N2O3S2/c19-18(20,21)15-5-1-2-6-16(15)28(25,26)23-11-9-22(10-12-23)17(24)8-7-14-4-3-13-27-14/h1-8,13H,9-12H2. The second-order valence-electron chi connectivity index (χ2n) is 6.07. The lowest BCUT2D eigenvalue weighted by Gasteiger charge is -2.33. The summed E-state index contributed by atoms with van der Waals surface area (Å²) in [4.78, 5) is 13.9. The lowest BCUT2D eigenvalue weighted by atomic mass is 10.2. The molecule has 0 N–H and O–H groups in total. The first kappa shape index (κ1) is 20.6. The molecule has 3 rings (SSSR count). The van der Waals surface area contributed by atoms with Crippen LogP contribution < -0.4 is 0 Å². The number of amides is 1. The summed E-state index contributed by atoms with van der Waals surface area (Å²) in [6.07, 6.45) is -1.68. The van der Waals surface area contributed by atoms with Gasteiger partial charge in [-0.25, -0.2) is 8.42 Å². The van der Waals surface area contributed by atoms with E-state index in [0.717, 1.165) is 27.4 Å². The summed E-state index contributed by atoms with van der Waals surface area (Å²) in [6.45, 7) is 0.0995. The Morgan fingerprint density at radius 2 is 1.71 bits per heavy atom. The van der Waals surface area contributed by atoms with Crippen molar-refractivity contribution in [2.24, 2.45) is 0 Å². The number of sulfonamides is 1. The quantitative estimate of drug-likeness (QED) is 0.700. The largest absolute Gasteiger partial charge is 0.417 e. The van der Waals surface area contributed by atoms with Crippen molar-refractivity contribution in [3.63, 3.8) is 0 Å². The summed E-state index contributed by atoms with van der Waals surface area (Å²) < 4.78 is 66.0. The van der Waals surface area contributed by atoms with Gasteiger partial charge in [-0.3, -0.25) is 4.79 Å². The third kappa shape index (κ3) is 4.45. The zero-order chi connectivity index (χ0) is 20.4. The van der Waals surface area contributed by atoms with Crippen LogP contribution in [0.15, 0.2) is 52.7 Å². The van der Waals surface area contributed by atoms with Crippen molar-refractivity contribution in [2.75, 3.05) is 26.2 Å². The third-order valence-electron chi connectivity index (χ3n) is 4.29. The van der Waals surface area contributed by atoms with Gasteiger partial charge in [-0.15, -0.1) is 11.3 Å². The number of nitrogens with zero attached hydrogens (tertiary/aromatic N) is 2. The average molecular weight is 430 g/mol. The topological polar surface area (TPSA) is 57.7 Å². The molecule has 2 aromatic rings. The molecule has 2 heterocycles. The summed E-state index contributed by atoms with van der Waals surface area (Å²) in [6, 6.07) is 7.84. The molecule has 1 aliphatic heterocycles. The van der Waals surface area contributed by atoms with Gasteiger partial charge in [0.2, 0.25) is 15.9 Å². The average Bonchev–Trinajstić information content (AvgIpc) is 3.19. The fraction of sp³-hybridized carbons (Fsp3) is 0.278. The van der Waals surface area contributed by atoms with E-state index in [2.05, 4.69) is 0 Å². The van der Waals surface area contributed by atoms with Crippen LogP contribution in [0, 0.1) is 0 Å². The van der Waals surface area contributed by atoms with Crippen molar-refractivity contribution in [3.05, 3.63) is 58.3 Å². The summed E-state index contributed by atoms with van der Waals surface area (Å²) >= 11 is 1.48. The first-order chi connectivity index (χ1) is 13.2. The molecule has 1 saturated heterocycles. The van der Waals surface area contributed by atoms with Gasteiger partial charge in [0.15, 0.2) is 0 Å². The Kier molecular flexibility index (Phi) is 5.92. The molecule has 0 radical (unpaired) electrons. The van der Waals surface area contributed by atoms with Crippen molar-refractivity contribution in [1.82, 2.24) is 9.21 Å². The Morgan fingerprint density at radius 1 is 1.04 bits per heavy atom. The van der Waals surface area contributed by atoms with Gasteiger partial charge in [-0.2, -0.15) is 17.5 Å². The van der Waals surface area contributed by atoms with Gasteiger partial charge in [0.1, 0.15) is 0 Å². The Balaban J connectivity index is 1.70. The molecule has 0 spiro atoms. The molecule has 0 unspecified atom stereocenters. The number of hydrogen-bond donors (Lipinski definition) is 0.